The maximum absolute atomic E-state index is 12.9. The normalized spacial score (nSPS) is 22.2. The average Bonchev–Trinajstić information content (AvgIpc) is 3.95. The van der Waals surface area contributed by atoms with E-state index in [1.165, 1.54) is 10.8 Å². The van der Waals surface area contributed by atoms with Crippen LogP contribution in [0.4, 0.5) is 10.7 Å². The van der Waals surface area contributed by atoms with Gasteiger partial charge in [0.05, 0.1) is 50.1 Å². The number of aromatic amines is 1. The number of hydrogen-bond acceptors (Lipinski definition) is 20. The van der Waals surface area contributed by atoms with Gasteiger partial charge in [0.1, 0.15) is 12.3 Å². The van der Waals surface area contributed by atoms with Crippen molar-refractivity contribution in [3.63, 3.8) is 0 Å². The van der Waals surface area contributed by atoms with E-state index in [1.807, 2.05) is 11.8 Å². The second-order valence-electron chi connectivity index (χ2n) is 14.9. The number of carbonyl (C=O) groups excluding carboxylic acids is 4. The van der Waals surface area contributed by atoms with E-state index in [-0.39, 0.29) is 160 Å². The SMILES string of the molecule is Nc1nc2c(c(C#CCNC(=O)CCCNC(=O)CCCCCNC(=O)CCCC[C@@H]3SC[C@@H]4NC(=O)N[C@@H]43)cn2[C@H]2CC(O)[C@@H](COP(=O)([O-])OP(=O)([O-])OP(=O)([O-])[O-])O2)c(=O)[nH]1.[Li+].[Li+].[Li+].[Li+]. The van der Waals surface area contributed by atoms with E-state index >= 15 is 0 Å². The second-order valence-corrected chi connectivity index (χ2v) is 20.4. The Labute approximate surface area is 442 Å². The molecule has 5 rings (SSSR count). The first-order valence-electron chi connectivity index (χ1n) is 20.1. The van der Waals surface area contributed by atoms with E-state index < -0.39 is 54.1 Å². The van der Waals surface area contributed by atoms with Crippen molar-refractivity contribution in [3.05, 3.63) is 22.1 Å². The molecular weight excluding hydrogens is 959 g/mol. The third kappa shape index (κ3) is 20.9. The summed E-state index contributed by atoms with van der Waals surface area (Å²) in [6.45, 7) is -0.364. The number of carbonyl (C=O) groups is 4. The van der Waals surface area contributed by atoms with Crippen molar-refractivity contribution in [2.24, 2.45) is 0 Å². The monoisotopic (exact) mass is 1010 g/mol. The van der Waals surface area contributed by atoms with Crippen LogP contribution in [0.25, 0.3) is 11.0 Å². The summed E-state index contributed by atoms with van der Waals surface area (Å²) in [6, 6.07) is 0.250. The number of amides is 5. The zero-order valence-corrected chi connectivity index (χ0v) is 41.6. The van der Waals surface area contributed by atoms with Crippen molar-refractivity contribution in [2.75, 3.05) is 37.7 Å². The molecule has 9 N–H and O–H groups in total. The van der Waals surface area contributed by atoms with Gasteiger partial charge in [-0.15, -0.1) is 0 Å². The first-order chi connectivity index (χ1) is 30.2. The van der Waals surface area contributed by atoms with Crippen molar-refractivity contribution in [2.45, 2.75) is 106 Å². The molecule has 34 heteroatoms. The van der Waals surface area contributed by atoms with Crippen molar-refractivity contribution >= 4 is 76.0 Å². The van der Waals surface area contributed by atoms with Gasteiger partial charge in [-0.3, -0.25) is 37.6 Å². The van der Waals surface area contributed by atoms with Gasteiger partial charge in [-0.2, -0.15) is 16.7 Å². The molecule has 0 spiro atoms. The summed E-state index contributed by atoms with van der Waals surface area (Å²) in [4.78, 5) is 112. The Kier molecular flexibility index (Phi) is 28.4. The molecule has 68 heavy (non-hydrogen) atoms. The fraction of sp³-hybridized carbons (Fsp3) is 0.647. The molecule has 0 radical (unpaired) electrons. The number of ether oxygens (including phenoxy) is 1. The Bertz CT molecular complexity index is 2310. The van der Waals surface area contributed by atoms with Gasteiger partial charge in [-0.1, -0.05) is 24.7 Å². The van der Waals surface area contributed by atoms with E-state index in [0.29, 0.717) is 37.5 Å². The molecule has 0 bridgehead atoms. The zero-order chi connectivity index (χ0) is 46.7. The second kappa shape index (κ2) is 29.9. The maximum Gasteiger partial charge on any atom is 1.00 e. The summed E-state index contributed by atoms with van der Waals surface area (Å²) in [6.07, 6.45) is 3.05. The van der Waals surface area contributed by atoms with Crippen LogP contribution < -0.4 is 133 Å². The number of aliphatic hydroxyl groups is 1. The molecule has 26 nitrogen and oxygen atoms in total. The number of urea groups is 1. The van der Waals surface area contributed by atoms with Crippen LogP contribution in [-0.4, -0.2) is 105 Å². The van der Waals surface area contributed by atoms with Gasteiger partial charge in [-0.25, -0.2) is 9.11 Å². The molecule has 356 valence electrons. The predicted octanol–water partition coefficient (Wildman–Crippen LogP) is -14.4. The van der Waals surface area contributed by atoms with E-state index in [0.717, 1.165) is 37.9 Å². The quantitative estimate of drug-likeness (QED) is 0.0159. The van der Waals surface area contributed by atoms with Crippen LogP contribution in [0.15, 0.2) is 11.0 Å². The number of nitrogen functional groups attached to an aromatic ring is 1. The van der Waals surface area contributed by atoms with Gasteiger partial charge in [0.2, 0.25) is 23.7 Å². The fourth-order valence-corrected chi connectivity index (χ4v) is 11.5. The number of anilines is 1. The van der Waals surface area contributed by atoms with E-state index in [4.69, 9.17) is 10.5 Å². The Morgan fingerprint density at radius 1 is 0.897 bits per heavy atom. The number of nitrogens with two attached hydrogens (primary N) is 1. The van der Waals surface area contributed by atoms with Crippen molar-refractivity contribution < 1.29 is 151 Å². The molecule has 3 aliphatic heterocycles. The predicted molar refractivity (Wildman–Crippen MR) is 218 cm³/mol. The molecule has 5 amide bonds. The molecule has 0 aromatic carbocycles. The number of nitrogens with one attached hydrogen (secondary N) is 6. The Hall–Kier alpha value is -1.47. The van der Waals surface area contributed by atoms with Gasteiger partial charge >= 0.3 is 81.5 Å². The van der Waals surface area contributed by atoms with Crippen LogP contribution in [0.2, 0.25) is 0 Å². The number of phosphoric acid groups is 3. The molecule has 3 unspecified atom stereocenters. The zero-order valence-electron chi connectivity index (χ0n) is 38.1. The molecule has 3 fully saturated rings. The molecule has 3 aliphatic rings. The Morgan fingerprint density at radius 2 is 1.53 bits per heavy atom. The Balaban J connectivity index is 0.00000578. The number of unbranched alkanes of at least 4 members (excludes halogenated alkanes) is 3. The van der Waals surface area contributed by atoms with Crippen LogP contribution in [0.3, 0.4) is 0 Å². The van der Waals surface area contributed by atoms with E-state index in [9.17, 15) is 62.3 Å². The molecule has 2 aromatic heterocycles. The molecule has 0 aliphatic carbocycles. The number of fused-ring (bicyclic) bond motifs is 2. The molecular formula is C34H48Li4N9O17P3S. The number of nitrogens with zero attached hydrogens (tertiary/aromatic N) is 2. The smallest absolute Gasteiger partial charge is 0.790 e. The summed E-state index contributed by atoms with van der Waals surface area (Å²) in [5.74, 6) is 5.59. The largest absolute Gasteiger partial charge is 1.00 e. The molecule has 8 atom stereocenters. The van der Waals surface area contributed by atoms with Gasteiger partial charge in [0.25, 0.3) is 21.2 Å². The number of aromatic nitrogens is 3. The van der Waals surface area contributed by atoms with Crippen molar-refractivity contribution in [1.82, 2.24) is 41.1 Å². The standard InChI is InChI=1S/C34H52N9O17P3S.4Li/c35-33-41-31-29(32(48)42-33)20(17-43(31)28-16-22(44)23(58-28)18-57-62(53,54)60-63(55,56)59-61(50,51)52)8-6-14-37-27(47)12-7-15-38-25(45)10-2-1-5-13-36-26(46)11-4-3-9-24-30-21(19-64-24)39-34(49)40-30;;;;/h17,21-24,28,30,44H,1-5,7,9-16,18-19H2,(H,36,46)(H,37,47)(H,38,45)(H,53,54)(H,55,56)(H2,39,40,49)(H2,50,51,52)(H3,35,41,42,48);;;;/q;4*+1/p-4/t21-,22?,23+,24-,28+,30-;;;;/m0..../s1. The Morgan fingerprint density at radius 3 is 2.21 bits per heavy atom. The molecule has 2 aromatic rings. The summed E-state index contributed by atoms with van der Waals surface area (Å²) in [7, 11) is -18.3. The van der Waals surface area contributed by atoms with Crippen LogP contribution in [-0.2, 0) is 46.0 Å². The molecule has 3 saturated heterocycles. The minimum absolute atomic E-state index is 0. The summed E-state index contributed by atoms with van der Waals surface area (Å²) >= 11 is 1.86. The average molecular weight is 1010 g/mol. The number of thioether (sulfide) groups is 1. The van der Waals surface area contributed by atoms with Crippen molar-refractivity contribution in [1.29, 1.82) is 0 Å². The van der Waals surface area contributed by atoms with Gasteiger partial charge in [0.15, 0.2) is 5.65 Å². The van der Waals surface area contributed by atoms with Crippen LogP contribution in [0.5, 0.6) is 0 Å². The maximum atomic E-state index is 12.9. The third-order valence-corrected chi connectivity index (χ3v) is 15.2. The van der Waals surface area contributed by atoms with E-state index in [2.05, 4.69) is 61.5 Å². The summed E-state index contributed by atoms with van der Waals surface area (Å²) in [5, 5.41) is 25.1. The first-order valence-corrected chi connectivity index (χ1v) is 25.5. The van der Waals surface area contributed by atoms with E-state index in [1.54, 1.807) is 0 Å². The number of H-pyrrole nitrogens is 1. The molecule has 5 heterocycles. The fourth-order valence-electron chi connectivity index (χ4n) is 7.08. The van der Waals surface area contributed by atoms with Crippen LogP contribution in [0, 0.1) is 11.8 Å². The minimum Gasteiger partial charge on any atom is -0.790 e. The van der Waals surface area contributed by atoms with Crippen LogP contribution >= 0.6 is 35.2 Å². The van der Waals surface area contributed by atoms with Gasteiger partial charge in [0, 0.05) is 56.0 Å². The van der Waals surface area contributed by atoms with Gasteiger partial charge in [-0.05, 0) is 32.1 Å². The number of hydrogen-bond donors (Lipinski definition) is 8. The number of rotatable bonds is 24. The number of phosphoric ester groups is 1. The first kappa shape index (κ1) is 64.5. The minimum atomic E-state index is -6.21. The van der Waals surface area contributed by atoms with Crippen LogP contribution in [0.1, 0.15) is 82.4 Å². The van der Waals surface area contributed by atoms with Crippen molar-refractivity contribution in [3.8, 4) is 11.8 Å². The topological polar surface area (TPSA) is 406 Å². The molecule has 0 saturated carbocycles. The number of aliphatic hydroxyl groups excluding tert-OH is 1. The summed E-state index contributed by atoms with van der Waals surface area (Å²) in [5.41, 5.74) is 5.11. The third-order valence-electron chi connectivity index (χ3n) is 10.00. The van der Waals surface area contributed by atoms with Gasteiger partial charge < -0.3 is 75.4 Å². The summed E-state index contributed by atoms with van der Waals surface area (Å²) < 4.78 is 51.9.